The first-order valence-electron chi connectivity index (χ1n) is 9.09. The molecule has 0 radical (unpaired) electrons. The zero-order valence-corrected chi connectivity index (χ0v) is 16.7. The van der Waals surface area contributed by atoms with E-state index in [1.807, 2.05) is 0 Å². The third-order valence-electron chi connectivity index (χ3n) is 3.93. The van der Waals surface area contributed by atoms with Gasteiger partial charge in [-0.05, 0) is 36.8 Å². The average molecular weight is 455 g/mol. The number of nitrogens with one attached hydrogen (secondary N) is 2. The Labute approximate surface area is 180 Å². The summed E-state index contributed by atoms with van der Waals surface area (Å²) in [5.41, 5.74) is 0.943. The molecule has 0 bridgehead atoms. The summed E-state index contributed by atoms with van der Waals surface area (Å²) in [7, 11) is 0. The van der Waals surface area contributed by atoms with E-state index >= 15 is 0 Å². The monoisotopic (exact) mass is 454 g/mol. The number of ether oxygens (including phenoxy) is 1. The van der Waals surface area contributed by atoms with Gasteiger partial charge in [0.2, 0.25) is 5.95 Å². The highest BCUT2D eigenvalue weighted by Crippen LogP contribution is 2.32. The van der Waals surface area contributed by atoms with Gasteiger partial charge in [-0.25, -0.2) is 4.98 Å². The molecule has 0 aliphatic heterocycles. The molecule has 0 aliphatic rings. The molecule has 1 aromatic heterocycles. The van der Waals surface area contributed by atoms with Crippen molar-refractivity contribution in [3.05, 3.63) is 53.6 Å². The molecule has 164 valence electrons. The zero-order valence-electron chi connectivity index (χ0n) is 15.9. The number of nitrogens with zero attached hydrogens (tertiary/aromatic N) is 2. The lowest BCUT2D eigenvalue weighted by Crippen LogP contribution is -2.17. The molecule has 0 atom stereocenters. The van der Waals surface area contributed by atoms with Crippen molar-refractivity contribution in [2.24, 2.45) is 0 Å². The Morgan fingerprint density at radius 1 is 1.06 bits per heavy atom. The van der Waals surface area contributed by atoms with Crippen LogP contribution >= 0.6 is 11.6 Å². The molecule has 0 saturated heterocycles. The Bertz CT molecular complexity index is 1050. The Balaban J connectivity index is 1.97. The Kier molecular flexibility index (Phi) is 7.03. The highest BCUT2D eigenvalue weighted by molar-refractivity contribution is 6.31. The SMILES string of the molecule is OCCCNc1nc(Nc2cc(Cl)ccc2O)cc(-c2cccc(OC(F)(F)F)c2)n1. The van der Waals surface area contributed by atoms with Gasteiger partial charge in [0.25, 0.3) is 0 Å². The number of alkyl halides is 3. The fourth-order valence-corrected chi connectivity index (χ4v) is 2.79. The number of anilines is 3. The van der Waals surface area contributed by atoms with Crippen LogP contribution in [0.2, 0.25) is 5.02 Å². The number of halogens is 4. The van der Waals surface area contributed by atoms with Crippen LogP contribution in [0.4, 0.5) is 30.6 Å². The molecular formula is C20H18ClF3N4O3. The first-order chi connectivity index (χ1) is 14.7. The van der Waals surface area contributed by atoms with E-state index in [1.54, 1.807) is 6.07 Å². The number of phenolic OH excluding ortho intramolecular Hbond substituents is 1. The van der Waals surface area contributed by atoms with E-state index in [2.05, 4.69) is 25.3 Å². The lowest BCUT2D eigenvalue weighted by atomic mass is 10.1. The third-order valence-corrected chi connectivity index (χ3v) is 4.16. The second-order valence-electron chi connectivity index (χ2n) is 6.33. The summed E-state index contributed by atoms with van der Waals surface area (Å²) in [6.07, 6.45) is -4.38. The summed E-state index contributed by atoms with van der Waals surface area (Å²) in [5.74, 6) is -0.0198. The molecule has 0 saturated carbocycles. The van der Waals surface area contributed by atoms with E-state index in [0.29, 0.717) is 29.2 Å². The first-order valence-corrected chi connectivity index (χ1v) is 9.47. The van der Waals surface area contributed by atoms with Gasteiger partial charge < -0.3 is 25.6 Å². The van der Waals surface area contributed by atoms with Crippen LogP contribution in [0.15, 0.2) is 48.5 Å². The molecule has 3 aromatic rings. The predicted octanol–water partition coefficient (Wildman–Crippen LogP) is 4.94. The van der Waals surface area contributed by atoms with E-state index < -0.39 is 6.36 Å². The van der Waals surface area contributed by atoms with Gasteiger partial charge in [-0.3, -0.25) is 0 Å². The van der Waals surface area contributed by atoms with Crippen LogP contribution in [0.25, 0.3) is 11.3 Å². The van der Waals surface area contributed by atoms with Crippen LogP contribution in [0, 0.1) is 0 Å². The standard InChI is InChI=1S/C20H18ClF3N4O3/c21-13-5-6-17(30)16(10-13)26-18-11-15(27-19(28-18)25-7-2-8-29)12-3-1-4-14(9-12)31-20(22,23)24/h1,3-6,9-11,29-30H,2,7-8H2,(H2,25,26,27,28). The lowest BCUT2D eigenvalue weighted by Gasteiger charge is -2.13. The predicted molar refractivity (Wildman–Crippen MR) is 111 cm³/mol. The van der Waals surface area contributed by atoms with Crippen molar-refractivity contribution in [2.75, 3.05) is 23.8 Å². The van der Waals surface area contributed by atoms with Gasteiger partial charge >= 0.3 is 6.36 Å². The number of phenols is 1. The zero-order chi connectivity index (χ0) is 22.4. The van der Waals surface area contributed by atoms with Crippen LogP contribution < -0.4 is 15.4 Å². The molecule has 0 aliphatic carbocycles. The van der Waals surface area contributed by atoms with Crippen LogP contribution in [0.3, 0.4) is 0 Å². The summed E-state index contributed by atoms with van der Waals surface area (Å²) in [6.45, 7) is 0.337. The molecule has 31 heavy (non-hydrogen) atoms. The van der Waals surface area contributed by atoms with E-state index in [9.17, 15) is 18.3 Å². The minimum Gasteiger partial charge on any atom is -0.506 e. The van der Waals surface area contributed by atoms with E-state index in [1.165, 1.54) is 42.5 Å². The van der Waals surface area contributed by atoms with Gasteiger partial charge in [-0.15, -0.1) is 13.2 Å². The Hall–Kier alpha value is -3.24. The fourth-order valence-electron chi connectivity index (χ4n) is 2.62. The average Bonchev–Trinajstić information content (AvgIpc) is 2.70. The minimum atomic E-state index is -4.82. The fraction of sp³-hybridized carbons (Fsp3) is 0.200. The number of hydrogen-bond acceptors (Lipinski definition) is 7. The van der Waals surface area contributed by atoms with Gasteiger partial charge in [0, 0.05) is 29.8 Å². The topological polar surface area (TPSA) is 99.5 Å². The molecule has 7 nitrogen and oxygen atoms in total. The van der Waals surface area contributed by atoms with Crippen LogP contribution in [-0.2, 0) is 0 Å². The van der Waals surface area contributed by atoms with E-state index in [0.717, 1.165) is 0 Å². The molecule has 3 rings (SSSR count). The summed E-state index contributed by atoms with van der Waals surface area (Å²) in [6, 6.07) is 11.3. The molecule has 0 spiro atoms. The van der Waals surface area contributed by atoms with Crippen molar-refractivity contribution < 1.29 is 28.1 Å². The van der Waals surface area contributed by atoms with Crippen LogP contribution in [-0.4, -0.2) is 39.7 Å². The Morgan fingerprint density at radius 2 is 1.87 bits per heavy atom. The number of aromatic nitrogens is 2. The second kappa shape index (κ2) is 9.71. The third kappa shape index (κ3) is 6.63. The van der Waals surface area contributed by atoms with Gasteiger partial charge in [0.15, 0.2) is 0 Å². The molecule has 11 heteroatoms. The second-order valence-corrected chi connectivity index (χ2v) is 6.76. The molecule has 1 heterocycles. The number of aliphatic hydroxyl groups is 1. The number of benzene rings is 2. The first kappa shape index (κ1) is 22.4. The maximum atomic E-state index is 12.6. The molecule has 0 unspecified atom stereocenters. The molecule has 2 aromatic carbocycles. The summed E-state index contributed by atoms with van der Waals surface area (Å²) in [4.78, 5) is 8.62. The van der Waals surface area contributed by atoms with Crippen molar-refractivity contribution in [3.8, 4) is 22.8 Å². The van der Waals surface area contributed by atoms with Crippen LogP contribution in [0.1, 0.15) is 6.42 Å². The maximum absolute atomic E-state index is 12.6. The largest absolute Gasteiger partial charge is 0.573 e. The van der Waals surface area contributed by atoms with Crippen molar-refractivity contribution in [1.82, 2.24) is 9.97 Å². The minimum absolute atomic E-state index is 0.0367. The van der Waals surface area contributed by atoms with Gasteiger partial charge in [0.1, 0.15) is 17.3 Å². The smallest absolute Gasteiger partial charge is 0.506 e. The number of aromatic hydroxyl groups is 1. The lowest BCUT2D eigenvalue weighted by molar-refractivity contribution is -0.274. The van der Waals surface area contributed by atoms with Crippen molar-refractivity contribution >= 4 is 29.1 Å². The Morgan fingerprint density at radius 3 is 2.61 bits per heavy atom. The summed E-state index contributed by atoms with van der Waals surface area (Å²) < 4.78 is 41.7. The van der Waals surface area contributed by atoms with Crippen molar-refractivity contribution in [1.29, 1.82) is 0 Å². The van der Waals surface area contributed by atoms with E-state index in [4.69, 9.17) is 16.7 Å². The van der Waals surface area contributed by atoms with E-state index in [-0.39, 0.29) is 35.6 Å². The summed E-state index contributed by atoms with van der Waals surface area (Å²) in [5, 5.41) is 25.2. The summed E-state index contributed by atoms with van der Waals surface area (Å²) >= 11 is 5.97. The van der Waals surface area contributed by atoms with Crippen LogP contribution in [0.5, 0.6) is 11.5 Å². The van der Waals surface area contributed by atoms with Crippen molar-refractivity contribution in [2.45, 2.75) is 12.8 Å². The number of aliphatic hydroxyl groups excluding tert-OH is 1. The highest BCUT2D eigenvalue weighted by atomic mass is 35.5. The molecular weight excluding hydrogens is 437 g/mol. The molecule has 4 N–H and O–H groups in total. The normalized spacial score (nSPS) is 11.3. The van der Waals surface area contributed by atoms with Crippen molar-refractivity contribution in [3.63, 3.8) is 0 Å². The number of hydrogen-bond donors (Lipinski definition) is 4. The van der Waals surface area contributed by atoms with Gasteiger partial charge in [-0.1, -0.05) is 23.7 Å². The highest BCUT2D eigenvalue weighted by Gasteiger charge is 2.31. The maximum Gasteiger partial charge on any atom is 0.573 e. The van der Waals surface area contributed by atoms with Gasteiger partial charge in [-0.2, -0.15) is 4.98 Å². The van der Waals surface area contributed by atoms with Gasteiger partial charge in [0.05, 0.1) is 11.4 Å². The molecule has 0 fully saturated rings. The molecule has 0 amide bonds. The number of rotatable bonds is 8. The quantitative estimate of drug-likeness (QED) is 0.282.